The third-order valence-electron chi connectivity index (χ3n) is 5.77. The van der Waals surface area contributed by atoms with Crippen molar-refractivity contribution >= 4 is 33.9 Å². The van der Waals surface area contributed by atoms with Crippen LogP contribution in [0.1, 0.15) is 58.9 Å². The molecule has 1 amide bonds. The molecule has 0 aliphatic carbocycles. The second kappa shape index (κ2) is 18.4. The van der Waals surface area contributed by atoms with Gasteiger partial charge in [0.1, 0.15) is 18.8 Å². The minimum Gasteiger partial charge on any atom is -0.463 e. The molecular formula is C27H42N2O12S. The van der Waals surface area contributed by atoms with Crippen LogP contribution in [0.4, 0.5) is 0 Å². The van der Waals surface area contributed by atoms with E-state index in [9.17, 15) is 27.6 Å². The molecule has 1 aliphatic rings. The van der Waals surface area contributed by atoms with Gasteiger partial charge in [0, 0.05) is 34.3 Å². The van der Waals surface area contributed by atoms with Crippen molar-refractivity contribution in [2.75, 3.05) is 19.8 Å². The lowest BCUT2D eigenvalue weighted by Crippen LogP contribution is -2.66. The Bertz CT molecular complexity index is 1130. The van der Waals surface area contributed by atoms with E-state index in [0.717, 1.165) is 31.2 Å². The Hall–Kier alpha value is -3.11. The summed E-state index contributed by atoms with van der Waals surface area (Å²) in [7, 11) is -4.02. The first-order valence-corrected chi connectivity index (χ1v) is 14.9. The second-order valence-electron chi connectivity index (χ2n) is 9.58. The molecule has 1 saturated heterocycles. The number of aryl methyl sites for hydroxylation is 1. The van der Waals surface area contributed by atoms with Gasteiger partial charge in [0.05, 0.1) is 4.90 Å². The van der Waals surface area contributed by atoms with Gasteiger partial charge in [0.15, 0.2) is 18.5 Å². The summed E-state index contributed by atoms with van der Waals surface area (Å²) >= 11 is 0. The molecule has 1 aromatic rings. The number of hydrogen-bond acceptors (Lipinski definition) is 12. The fourth-order valence-electron chi connectivity index (χ4n) is 3.94. The molecule has 5 atom stereocenters. The number of ether oxygens (including phenoxy) is 5. The third kappa shape index (κ3) is 14.2. The molecule has 0 aromatic heterocycles. The summed E-state index contributed by atoms with van der Waals surface area (Å²) < 4.78 is 57.0. The van der Waals surface area contributed by atoms with Gasteiger partial charge in [0.25, 0.3) is 10.1 Å². The average Bonchev–Trinajstić information content (AvgIpc) is 2.87. The highest BCUT2D eigenvalue weighted by atomic mass is 32.2. The maximum Gasteiger partial charge on any atom is 0.303 e. The smallest absolute Gasteiger partial charge is 0.303 e. The minimum atomic E-state index is -4.02. The van der Waals surface area contributed by atoms with Gasteiger partial charge in [-0.25, -0.2) is 0 Å². The first-order valence-electron chi connectivity index (χ1n) is 13.4. The Morgan fingerprint density at radius 3 is 1.98 bits per heavy atom. The van der Waals surface area contributed by atoms with Crippen molar-refractivity contribution in [2.24, 2.45) is 5.73 Å². The van der Waals surface area contributed by atoms with Gasteiger partial charge < -0.3 is 34.7 Å². The Kier molecular flexibility index (Phi) is 16.2. The van der Waals surface area contributed by atoms with Gasteiger partial charge >= 0.3 is 17.9 Å². The van der Waals surface area contributed by atoms with E-state index in [1.807, 2.05) is 6.92 Å². The normalized spacial score (nSPS) is 21.7. The molecule has 1 aromatic carbocycles. The van der Waals surface area contributed by atoms with E-state index >= 15 is 0 Å². The summed E-state index contributed by atoms with van der Waals surface area (Å²) in [6.45, 7) is 7.42. The summed E-state index contributed by atoms with van der Waals surface area (Å²) in [6, 6.07) is 5.05. The highest BCUT2D eigenvalue weighted by Crippen LogP contribution is 2.28. The Balaban J connectivity index is 0.000000666. The number of nitrogens with one attached hydrogen (secondary N) is 1. The first-order chi connectivity index (χ1) is 19.6. The molecule has 0 spiro atoms. The summed E-state index contributed by atoms with van der Waals surface area (Å²) in [5, 5.41) is 2.66. The summed E-state index contributed by atoms with van der Waals surface area (Å²) in [5.74, 6) is -2.27. The van der Waals surface area contributed by atoms with Crippen molar-refractivity contribution in [3.63, 3.8) is 0 Å². The molecule has 0 radical (unpaired) electrons. The number of carbonyl (C=O) groups excluding carboxylic acids is 4. The van der Waals surface area contributed by atoms with Gasteiger partial charge in [0.2, 0.25) is 5.91 Å². The molecule has 238 valence electrons. The maximum absolute atomic E-state index is 11.8. The van der Waals surface area contributed by atoms with Crippen LogP contribution in [0.5, 0.6) is 0 Å². The van der Waals surface area contributed by atoms with Crippen LogP contribution in [0.25, 0.3) is 0 Å². The van der Waals surface area contributed by atoms with E-state index in [-0.39, 0.29) is 11.5 Å². The zero-order valence-corrected chi connectivity index (χ0v) is 25.4. The van der Waals surface area contributed by atoms with Gasteiger partial charge in [-0.3, -0.25) is 23.7 Å². The number of benzene rings is 1. The molecule has 1 heterocycles. The number of amides is 1. The fraction of sp³-hybridized carbons (Fsp3) is 0.630. The van der Waals surface area contributed by atoms with Crippen molar-refractivity contribution in [2.45, 2.75) is 95.8 Å². The Morgan fingerprint density at radius 2 is 1.48 bits per heavy atom. The van der Waals surface area contributed by atoms with Gasteiger partial charge in [-0.1, -0.05) is 30.5 Å². The molecule has 0 bridgehead atoms. The molecule has 42 heavy (non-hydrogen) atoms. The molecule has 2 rings (SSSR count). The number of esters is 3. The lowest BCUT2D eigenvalue weighted by molar-refractivity contribution is -0.277. The van der Waals surface area contributed by atoms with E-state index in [1.54, 1.807) is 12.1 Å². The fourth-order valence-corrected chi connectivity index (χ4v) is 4.42. The highest BCUT2D eigenvalue weighted by molar-refractivity contribution is 7.85. The number of unbranched alkanes of at least 4 members (excludes halogenated alkanes) is 3. The molecule has 4 N–H and O–H groups in total. The molecule has 15 heteroatoms. The van der Waals surface area contributed by atoms with Crippen molar-refractivity contribution in [1.82, 2.24) is 5.32 Å². The quantitative estimate of drug-likeness (QED) is 0.124. The van der Waals surface area contributed by atoms with Crippen LogP contribution in [-0.4, -0.2) is 87.2 Å². The monoisotopic (exact) mass is 618 g/mol. The minimum absolute atomic E-state index is 0.0666. The maximum atomic E-state index is 11.8. The standard InChI is InChI=1S/C20H34N2O9.C7H8O3S/c1-12(23)22-17-19(30-15(4)26)18(29-14(3)25)16(11-28-13(2)24)31-20(17)27-10-8-6-5-7-9-21;1-6-2-4-7(5-3-6)11(8,9)10/h16-20H,5-11,21H2,1-4H3,(H,22,23);2-5H,1H3,(H,8,9,10). The van der Waals surface area contributed by atoms with Crippen molar-refractivity contribution in [3.05, 3.63) is 29.8 Å². The molecule has 1 fully saturated rings. The van der Waals surface area contributed by atoms with Crippen molar-refractivity contribution in [3.8, 4) is 0 Å². The summed E-state index contributed by atoms with van der Waals surface area (Å²) in [6.07, 6.45) is -0.719. The first kappa shape index (κ1) is 36.9. The van der Waals surface area contributed by atoms with Crippen LogP contribution in [-0.2, 0) is 53.0 Å². The zero-order chi connectivity index (χ0) is 31.9. The van der Waals surface area contributed by atoms with Gasteiger partial charge in [-0.05, 0) is 38.4 Å². The van der Waals surface area contributed by atoms with Crippen LogP contribution in [0.15, 0.2) is 29.2 Å². The van der Waals surface area contributed by atoms with Crippen LogP contribution in [0.3, 0.4) is 0 Å². The van der Waals surface area contributed by atoms with E-state index < -0.39 is 64.6 Å². The Morgan fingerprint density at radius 1 is 0.905 bits per heavy atom. The summed E-state index contributed by atoms with van der Waals surface area (Å²) in [5.41, 5.74) is 6.44. The lowest BCUT2D eigenvalue weighted by Gasteiger charge is -2.44. The zero-order valence-electron chi connectivity index (χ0n) is 24.6. The molecule has 0 saturated carbocycles. The van der Waals surface area contributed by atoms with Crippen molar-refractivity contribution in [1.29, 1.82) is 0 Å². The van der Waals surface area contributed by atoms with E-state index in [0.29, 0.717) is 13.2 Å². The third-order valence-corrected chi connectivity index (χ3v) is 6.64. The van der Waals surface area contributed by atoms with Crippen LogP contribution < -0.4 is 11.1 Å². The predicted molar refractivity (Wildman–Crippen MR) is 148 cm³/mol. The van der Waals surface area contributed by atoms with E-state index in [1.165, 1.54) is 39.8 Å². The average molecular weight is 619 g/mol. The summed E-state index contributed by atoms with van der Waals surface area (Å²) in [4.78, 5) is 46.5. The SMILES string of the molecule is CC(=O)NC1C(OCCCCCCN)OC(COC(C)=O)C(OC(C)=O)C1OC(C)=O.Cc1ccc(S(=O)(=O)O)cc1. The van der Waals surface area contributed by atoms with Crippen LogP contribution in [0.2, 0.25) is 0 Å². The number of nitrogens with two attached hydrogens (primary N) is 1. The molecule has 14 nitrogen and oxygen atoms in total. The molecule has 1 aliphatic heterocycles. The van der Waals surface area contributed by atoms with Gasteiger partial charge in [-0.15, -0.1) is 0 Å². The number of rotatable bonds is 13. The van der Waals surface area contributed by atoms with Gasteiger partial charge in [-0.2, -0.15) is 8.42 Å². The molecular weight excluding hydrogens is 576 g/mol. The molecule has 5 unspecified atom stereocenters. The largest absolute Gasteiger partial charge is 0.463 e. The number of carbonyl (C=O) groups is 4. The van der Waals surface area contributed by atoms with Crippen LogP contribution >= 0.6 is 0 Å². The van der Waals surface area contributed by atoms with E-state index in [2.05, 4.69) is 5.32 Å². The highest BCUT2D eigenvalue weighted by Gasteiger charge is 2.51. The predicted octanol–water partition coefficient (Wildman–Crippen LogP) is 1.42. The topological polar surface area (TPSA) is 207 Å². The van der Waals surface area contributed by atoms with E-state index in [4.69, 9.17) is 34.0 Å². The Labute approximate surface area is 246 Å². The second-order valence-corrected chi connectivity index (χ2v) is 11.0. The lowest BCUT2D eigenvalue weighted by atomic mass is 9.96. The van der Waals surface area contributed by atoms with Crippen LogP contribution in [0, 0.1) is 6.92 Å². The number of hydrogen-bond donors (Lipinski definition) is 3. The van der Waals surface area contributed by atoms with Crippen molar-refractivity contribution < 1.29 is 55.8 Å².